The number of para-hydroxylation sites is 2. The molecule has 2 rings (SSSR count). The summed E-state index contributed by atoms with van der Waals surface area (Å²) in [6, 6.07) is 18.2. The molecule has 0 atom stereocenters. The molecular weight excluding hydrogens is 408 g/mol. The van der Waals surface area contributed by atoms with Gasteiger partial charge in [-0.1, -0.05) is 36.4 Å². The topological polar surface area (TPSA) is 131 Å². The van der Waals surface area contributed by atoms with E-state index in [2.05, 4.69) is 0 Å². The van der Waals surface area contributed by atoms with E-state index >= 15 is 0 Å². The van der Waals surface area contributed by atoms with Crippen LogP contribution in [0.2, 0.25) is 0 Å². The summed E-state index contributed by atoms with van der Waals surface area (Å²) in [6.07, 6.45) is 2.56. The molecule has 0 aliphatic heterocycles. The normalized spacial score (nSPS) is 7.86. The average Bonchev–Trinajstić information content (AvgIpc) is 2.55. The molecule has 6 nitrogen and oxygen atoms in total. The predicted molar refractivity (Wildman–Crippen MR) is 118 cm³/mol. The maximum atomic E-state index is 8.40. The Morgan fingerprint density at radius 2 is 0.759 bits per heavy atom. The maximum Gasteiger partial charge on any atom is 0.477 e. The summed E-state index contributed by atoms with van der Waals surface area (Å²) in [5, 5.41) is 14.0. The Hall–Kier alpha value is -2.83. The Morgan fingerprint density at radius 3 is 0.828 bits per heavy atom. The van der Waals surface area contributed by atoms with E-state index in [0.717, 1.165) is 0 Å². The number of hydrogen-bond acceptors (Lipinski definition) is 0. The molecule has 0 unspecified atom stereocenters. The third-order valence-corrected chi connectivity index (χ3v) is 2.38. The third-order valence-electron chi connectivity index (χ3n) is 2.38. The molecule has 29 heavy (non-hydrogen) atoms. The number of rotatable bonds is 4. The van der Waals surface area contributed by atoms with E-state index in [1.165, 1.54) is 40.5 Å². The van der Waals surface area contributed by atoms with E-state index in [9.17, 15) is 0 Å². The van der Waals surface area contributed by atoms with Crippen LogP contribution in [0.5, 0.6) is 11.5 Å². The molecule has 152 valence electrons. The van der Waals surface area contributed by atoms with Gasteiger partial charge in [0.1, 0.15) is 0 Å². The van der Waals surface area contributed by atoms with E-state index < -0.39 is 0 Å². The summed E-state index contributed by atoms with van der Waals surface area (Å²) in [4.78, 5) is 33.6. The molecule has 7 heteroatoms. The van der Waals surface area contributed by atoms with Crippen molar-refractivity contribution in [3.63, 3.8) is 0 Å². The van der Waals surface area contributed by atoms with Gasteiger partial charge >= 0.3 is 36.0 Å². The van der Waals surface area contributed by atoms with Gasteiger partial charge < -0.3 is 10.2 Å². The first-order valence-electron chi connectivity index (χ1n) is 8.37. The van der Waals surface area contributed by atoms with Gasteiger partial charge in [-0.2, -0.15) is 0 Å². The molecule has 0 aromatic heterocycles. The predicted octanol–water partition coefficient (Wildman–Crippen LogP) is 2.89. The summed E-state index contributed by atoms with van der Waals surface area (Å²) in [5.41, 5.74) is 0. The fourth-order valence-electron chi connectivity index (χ4n) is 1.48. The van der Waals surface area contributed by atoms with Crippen molar-refractivity contribution < 1.29 is 51.1 Å². The fraction of sp³-hybridized carbons (Fsp3) is 0.182. The smallest absolute Gasteiger partial charge is 0.477 e. The molecule has 0 bridgehead atoms. The molecule has 0 saturated carbocycles. The molecule has 0 aliphatic rings. The molecule has 0 spiro atoms. The zero-order chi connectivity index (χ0) is 21.9. The minimum absolute atomic E-state index is 0. The van der Waals surface area contributed by atoms with Crippen molar-refractivity contribution in [1.82, 2.24) is 0 Å². The van der Waals surface area contributed by atoms with Crippen LogP contribution in [-0.4, -0.2) is 52.5 Å². The van der Waals surface area contributed by atoms with Gasteiger partial charge in [0.05, 0.1) is 27.7 Å². The minimum Gasteiger partial charge on any atom is -0.593 e. The second kappa shape index (κ2) is 19.9. The van der Waals surface area contributed by atoms with E-state index in [0.29, 0.717) is 11.5 Å². The van der Waals surface area contributed by atoms with Crippen LogP contribution in [0.1, 0.15) is 27.7 Å². The van der Waals surface area contributed by atoms with Crippen molar-refractivity contribution in [2.45, 2.75) is 27.7 Å². The van der Waals surface area contributed by atoms with E-state index in [1.54, 1.807) is 24.3 Å². The first kappa shape index (κ1) is 30.9. The Bertz CT molecular complexity index is 627. The Kier molecular flexibility index (Phi) is 21.2. The number of hydrogen-bond donors (Lipinski definition) is 0. The zero-order valence-electron chi connectivity index (χ0n) is 17.2. The standard InChI is InChI=1S/2C6H6O.2C5H7O2.Ti/c2*7-6-4-2-1-3-5-6;2*1-4(6)3-5(2)7;/h2*1-5,7H;2*3H,1-2H3;/q;;2*+1;/p+6. The second-order valence-corrected chi connectivity index (χ2v) is 5.59. The molecule has 0 fully saturated rings. The molecule has 0 amide bonds. The van der Waals surface area contributed by atoms with Crippen molar-refractivity contribution in [2.24, 2.45) is 0 Å². The van der Waals surface area contributed by atoms with Crippen molar-refractivity contribution in [3.05, 3.63) is 73.5 Å². The monoisotopic (exact) mass is 440 g/mol. The molecule has 0 saturated heterocycles. The van der Waals surface area contributed by atoms with E-state index in [1.807, 2.05) is 36.4 Å². The summed E-state index contributed by atoms with van der Waals surface area (Å²) >= 11 is 0. The summed E-state index contributed by atoms with van der Waals surface area (Å²) in [7, 11) is 0. The van der Waals surface area contributed by atoms with Gasteiger partial charge in [-0.05, 0) is 0 Å². The minimum atomic E-state index is 0. The first-order chi connectivity index (χ1) is 13.0. The molecular formula is C22H32O6Ti+8. The van der Waals surface area contributed by atoms with Gasteiger partial charge in [-0.3, -0.25) is 0 Å². The van der Waals surface area contributed by atoms with Crippen LogP contribution in [0.3, 0.4) is 0 Å². The van der Waals surface area contributed by atoms with Gasteiger partial charge in [0, 0.05) is 46.0 Å². The quantitative estimate of drug-likeness (QED) is 0.300. The van der Waals surface area contributed by atoms with Crippen LogP contribution in [-0.2, 0) is 21.7 Å². The van der Waals surface area contributed by atoms with Gasteiger partial charge in [-0.25, -0.2) is 19.2 Å². The largest absolute Gasteiger partial charge is 0.593 e. The van der Waals surface area contributed by atoms with Crippen molar-refractivity contribution >= 4 is 23.1 Å². The first-order valence-corrected chi connectivity index (χ1v) is 8.37. The second-order valence-electron chi connectivity index (χ2n) is 5.59. The number of benzene rings is 2. The average molecular weight is 440 g/mol. The van der Waals surface area contributed by atoms with Crippen molar-refractivity contribution in [1.29, 1.82) is 0 Å². The Balaban J connectivity index is -0.000000307. The van der Waals surface area contributed by atoms with Gasteiger partial charge in [0.25, 0.3) is 11.5 Å². The van der Waals surface area contributed by atoms with Gasteiger partial charge in [-0.15, -0.1) is 0 Å². The van der Waals surface area contributed by atoms with Crippen molar-refractivity contribution in [3.8, 4) is 11.5 Å². The third kappa shape index (κ3) is 30.2. The van der Waals surface area contributed by atoms with Crippen LogP contribution in [0.4, 0.5) is 0 Å². The SMILES string of the molecule is CC(=[OH+])[CH+]C(C)=[OH+].CC(=[OH+])[CH+]C(C)=[OH+].[OH2+]c1ccccc1.[OH2+]c1ccccc1.[Ti]. The maximum absolute atomic E-state index is 8.40. The molecule has 0 aliphatic carbocycles. The fourth-order valence-corrected chi connectivity index (χ4v) is 1.48. The van der Waals surface area contributed by atoms with E-state index in [-0.39, 0.29) is 44.9 Å². The zero-order valence-corrected chi connectivity index (χ0v) is 18.8. The molecule has 2 aromatic carbocycles. The van der Waals surface area contributed by atoms with Crippen molar-refractivity contribution in [2.75, 3.05) is 0 Å². The molecule has 0 radical (unpaired) electrons. The van der Waals surface area contributed by atoms with Crippen LogP contribution >= 0.6 is 0 Å². The number of carbonyl (C=O) groups excluding carboxylic acids is 4. The van der Waals surface area contributed by atoms with E-state index in [4.69, 9.17) is 29.4 Å². The summed E-state index contributed by atoms with van der Waals surface area (Å²) < 4.78 is 0. The van der Waals surface area contributed by atoms with Crippen LogP contribution in [0.15, 0.2) is 60.7 Å². The number of ketones is 4. The van der Waals surface area contributed by atoms with Gasteiger partial charge in [0.15, 0.2) is 0 Å². The van der Waals surface area contributed by atoms with Crippen LogP contribution in [0, 0.1) is 12.8 Å². The van der Waals surface area contributed by atoms with Crippen LogP contribution in [0.25, 0.3) is 0 Å². The summed E-state index contributed by atoms with van der Waals surface area (Å²) in [6.45, 7) is 6.00. The Labute approximate surface area is 186 Å². The van der Waals surface area contributed by atoms with Crippen LogP contribution < -0.4 is 0 Å². The summed E-state index contributed by atoms with van der Waals surface area (Å²) in [5.74, 6) is 1.64. The Morgan fingerprint density at radius 1 is 0.552 bits per heavy atom. The van der Waals surface area contributed by atoms with Gasteiger partial charge in [0.2, 0.25) is 0 Å². The molecule has 8 N–H and O–H groups in total. The molecule has 2 aromatic rings. The molecule has 0 heterocycles.